The molecule has 1 aliphatic heterocycles. The van der Waals surface area contributed by atoms with Gasteiger partial charge in [-0.1, -0.05) is 24.6 Å². The van der Waals surface area contributed by atoms with Crippen molar-refractivity contribution in [3.05, 3.63) is 30.3 Å². The Hall–Kier alpha value is -1.39. The number of para-hydroxylation sites is 1. The average molecular weight is 304 g/mol. The van der Waals surface area contributed by atoms with E-state index in [1.54, 1.807) is 0 Å². The van der Waals surface area contributed by atoms with E-state index in [2.05, 4.69) is 4.90 Å². The lowest BCUT2D eigenvalue weighted by molar-refractivity contribution is -0.121. The van der Waals surface area contributed by atoms with Crippen LogP contribution < -0.4 is 4.90 Å². The first-order chi connectivity index (χ1) is 10.5. The number of benzene rings is 1. The maximum absolute atomic E-state index is 12.8. The van der Waals surface area contributed by atoms with Gasteiger partial charge in [-0.25, -0.2) is 0 Å². The molecule has 0 bridgehead atoms. The Labute approximate surface area is 133 Å². The molecule has 1 amide bonds. The summed E-state index contributed by atoms with van der Waals surface area (Å²) in [4.78, 5) is 16.8. The molecular formula is C18H28N2O2. The average Bonchev–Trinajstić information content (AvgIpc) is 2.48. The molecule has 2 rings (SSSR count). The second-order valence-electron chi connectivity index (χ2n) is 6.47. The number of likely N-dealkylation sites (tertiary alicyclic amines) is 1. The molecular weight excluding hydrogens is 276 g/mol. The van der Waals surface area contributed by atoms with Crippen LogP contribution in [0.3, 0.4) is 0 Å². The minimum absolute atomic E-state index is 0.0995. The molecule has 1 aromatic rings. The van der Waals surface area contributed by atoms with Gasteiger partial charge in [0.25, 0.3) is 0 Å². The minimum Gasteiger partial charge on any atom is -0.392 e. The van der Waals surface area contributed by atoms with Crippen LogP contribution in [0.1, 0.15) is 40.0 Å². The molecule has 0 saturated carbocycles. The zero-order valence-electron chi connectivity index (χ0n) is 13.9. The second kappa shape index (κ2) is 7.75. The van der Waals surface area contributed by atoms with E-state index in [0.717, 1.165) is 31.5 Å². The highest BCUT2D eigenvalue weighted by atomic mass is 16.3. The van der Waals surface area contributed by atoms with E-state index in [1.807, 2.05) is 56.0 Å². The number of anilines is 1. The van der Waals surface area contributed by atoms with Crippen molar-refractivity contribution < 1.29 is 9.90 Å². The third kappa shape index (κ3) is 4.08. The van der Waals surface area contributed by atoms with Crippen molar-refractivity contribution in [3.63, 3.8) is 0 Å². The monoisotopic (exact) mass is 304 g/mol. The van der Waals surface area contributed by atoms with Gasteiger partial charge in [0, 0.05) is 17.8 Å². The fraction of sp³-hybridized carbons (Fsp3) is 0.611. The number of piperidine rings is 1. The van der Waals surface area contributed by atoms with E-state index in [4.69, 9.17) is 0 Å². The first kappa shape index (κ1) is 17.0. The van der Waals surface area contributed by atoms with Crippen molar-refractivity contribution in [2.24, 2.45) is 0 Å². The molecule has 4 nitrogen and oxygen atoms in total. The molecule has 1 saturated heterocycles. The normalized spacial score (nSPS) is 20.9. The van der Waals surface area contributed by atoms with E-state index in [-0.39, 0.29) is 18.0 Å². The van der Waals surface area contributed by atoms with Crippen molar-refractivity contribution in [2.75, 3.05) is 18.0 Å². The Morgan fingerprint density at radius 1 is 1.27 bits per heavy atom. The van der Waals surface area contributed by atoms with E-state index in [9.17, 15) is 9.90 Å². The van der Waals surface area contributed by atoms with Gasteiger partial charge in [0.1, 0.15) is 0 Å². The summed E-state index contributed by atoms with van der Waals surface area (Å²) in [6, 6.07) is 10.0. The van der Waals surface area contributed by atoms with E-state index < -0.39 is 6.10 Å². The Balaban J connectivity index is 2.11. The lowest BCUT2D eigenvalue weighted by atomic mass is 9.98. The predicted octanol–water partition coefficient (Wildman–Crippen LogP) is 2.66. The van der Waals surface area contributed by atoms with Crippen molar-refractivity contribution >= 4 is 11.6 Å². The van der Waals surface area contributed by atoms with Gasteiger partial charge in [-0.15, -0.1) is 0 Å². The molecule has 0 aromatic heterocycles. The molecule has 4 heteroatoms. The number of carbonyl (C=O) groups excluding carboxylic acids is 1. The maximum Gasteiger partial charge on any atom is 0.241 e. The van der Waals surface area contributed by atoms with E-state index in [0.29, 0.717) is 6.54 Å². The highest BCUT2D eigenvalue weighted by molar-refractivity contribution is 5.95. The number of aliphatic hydroxyl groups excluding tert-OH is 1. The lowest BCUT2D eigenvalue weighted by Gasteiger charge is -2.38. The van der Waals surface area contributed by atoms with Crippen molar-refractivity contribution in [1.82, 2.24) is 4.90 Å². The maximum atomic E-state index is 12.8. The highest BCUT2D eigenvalue weighted by Gasteiger charge is 2.30. The molecule has 122 valence electrons. The number of nitrogens with zero attached hydrogens (tertiary/aromatic N) is 2. The van der Waals surface area contributed by atoms with Crippen LogP contribution >= 0.6 is 0 Å². The van der Waals surface area contributed by atoms with E-state index in [1.165, 1.54) is 0 Å². The Kier molecular flexibility index (Phi) is 5.98. The first-order valence-electron chi connectivity index (χ1n) is 8.30. The number of hydrogen-bond acceptors (Lipinski definition) is 3. The van der Waals surface area contributed by atoms with Gasteiger partial charge in [0.2, 0.25) is 5.91 Å². The SMILES string of the molecule is CC(O)C1CCCCN1CC(=O)N(c1ccccc1)C(C)C. The summed E-state index contributed by atoms with van der Waals surface area (Å²) in [6.07, 6.45) is 2.81. The molecule has 22 heavy (non-hydrogen) atoms. The molecule has 0 aliphatic carbocycles. The largest absolute Gasteiger partial charge is 0.392 e. The molecule has 1 aromatic carbocycles. The van der Waals surface area contributed by atoms with Gasteiger partial charge in [0.15, 0.2) is 0 Å². The summed E-state index contributed by atoms with van der Waals surface area (Å²) in [5.74, 6) is 0.105. The number of aliphatic hydroxyl groups is 1. The molecule has 0 spiro atoms. The molecule has 1 aliphatic rings. The summed E-state index contributed by atoms with van der Waals surface area (Å²) in [6.45, 7) is 7.16. The highest BCUT2D eigenvalue weighted by Crippen LogP contribution is 2.22. The van der Waals surface area contributed by atoms with Gasteiger partial charge >= 0.3 is 0 Å². The number of hydrogen-bond donors (Lipinski definition) is 1. The summed E-state index contributed by atoms with van der Waals surface area (Å²) < 4.78 is 0. The molecule has 2 atom stereocenters. The van der Waals surface area contributed by atoms with Crippen LogP contribution in [0, 0.1) is 0 Å². The van der Waals surface area contributed by atoms with Crippen LogP contribution in [-0.2, 0) is 4.79 Å². The smallest absolute Gasteiger partial charge is 0.241 e. The zero-order valence-corrected chi connectivity index (χ0v) is 13.9. The zero-order chi connectivity index (χ0) is 16.1. The molecule has 2 unspecified atom stereocenters. The quantitative estimate of drug-likeness (QED) is 0.909. The van der Waals surface area contributed by atoms with Crippen molar-refractivity contribution in [2.45, 2.75) is 58.2 Å². The van der Waals surface area contributed by atoms with Gasteiger partial charge in [0.05, 0.1) is 12.6 Å². The Morgan fingerprint density at radius 2 is 1.95 bits per heavy atom. The second-order valence-corrected chi connectivity index (χ2v) is 6.47. The summed E-state index contributed by atoms with van der Waals surface area (Å²) >= 11 is 0. The van der Waals surface area contributed by atoms with Gasteiger partial charge in [-0.2, -0.15) is 0 Å². The van der Waals surface area contributed by atoms with Crippen LogP contribution in [0.5, 0.6) is 0 Å². The predicted molar refractivity (Wildman–Crippen MR) is 90.0 cm³/mol. The van der Waals surface area contributed by atoms with Crippen LogP contribution in [0.15, 0.2) is 30.3 Å². The summed E-state index contributed by atoms with van der Waals surface area (Å²) in [5.41, 5.74) is 0.938. The number of rotatable bonds is 5. The summed E-state index contributed by atoms with van der Waals surface area (Å²) in [5, 5.41) is 9.96. The molecule has 1 heterocycles. The first-order valence-corrected chi connectivity index (χ1v) is 8.30. The topological polar surface area (TPSA) is 43.8 Å². The van der Waals surface area contributed by atoms with Crippen molar-refractivity contribution in [3.8, 4) is 0 Å². The molecule has 0 radical (unpaired) electrons. The van der Waals surface area contributed by atoms with Crippen LogP contribution in [0.25, 0.3) is 0 Å². The van der Waals surface area contributed by atoms with Crippen LogP contribution in [0.2, 0.25) is 0 Å². The minimum atomic E-state index is -0.391. The third-order valence-electron chi connectivity index (χ3n) is 4.38. The Morgan fingerprint density at radius 3 is 2.55 bits per heavy atom. The van der Waals surface area contributed by atoms with Crippen molar-refractivity contribution in [1.29, 1.82) is 0 Å². The number of amides is 1. The molecule has 1 fully saturated rings. The molecule has 1 N–H and O–H groups in total. The van der Waals surface area contributed by atoms with Crippen LogP contribution in [0.4, 0.5) is 5.69 Å². The third-order valence-corrected chi connectivity index (χ3v) is 4.38. The lowest BCUT2D eigenvalue weighted by Crippen LogP contribution is -2.51. The Bertz CT molecular complexity index is 473. The fourth-order valence-corrected chi connectivity index (χ4v) is 3.33. The van der Waals surface area contributed by atoms with E-state index >= 15 is 0 Å². The number of carbonyl (C=O) groups is 1. The standard InChI is InChI=1S/C18H28N2O2/c1-14(2)20(16-9-5-4-6-10-16)18(22)13-19-12-8-7-11-17(19)15(3)21/h4-6,9-10,14-15,17,21H,7-8,11-13H2,1-3H3. The fourth-order valence-electron chi connectivity index (χ4n) is 3.33. The van der Waals surface area contributed by atoms with Gasteiger partial charge in [-0.05, 0) is 52.3 Å². The van der Waals surface area contributed by atoms with Gasteiger partial charge in [-0.3, -0.25) is 9.69 Å². The summed E-state index contributed by atoms with van der Waals surface area (Å²) in [7, 11) is 0. The van der Waals surface area contributed by atoms with Gasteiger partial charge < -0.3 is 10.0 Å². The van der Waals surface area contributed by atoms with Crippen LogP contribution in [-0.4, -0.2) is 47.2 Å².